The van der Waals surface area contributed by atoms with Crippen molar-refractivity contribution in [2.45, 2.75) is 57.0 Å². The van der Waals surface area contributed by atoms with Crippen LogP contribution < -0.4 is 5.32 Å². The Morgan fingerprint density at radius 3 is 2.26 bits per heavy atom. The fraction of sp³-hybridized carbons (Fsp3) is 0.500. The molecule has 2 fully saturated rings. The Morgan fingerprint density at radius 2 is 1.65 bits per heavy atom. The summed E-state index contributed by atoms with van der Waals surface area (Å²) in [6.45, 7) is 0.262. The van der Waals surface area contributed by atoms with Crippen LogP contribution >= 0.6 is 0 Å². The van der Waals surface area contributed by atoms with Gasteiger partial charge >= 0.3 is 6.03 Å². The highest BCUT2D eigenvalue weighted by molar-refractivity contribution is 6.06. The molecule has 1 saturated heterocycles. The number of nitrogens with one attached hydrogen (secondary N) is 1. The third-order valence-electron chi connectivity index (χ3n) is 4.88. The van der Waals surface area contributed by atoms with Crippen molar-refractivity contribution in [2.24, 2.45) is 0 Å². The van der Waals surface area contributed by atoms with Gasteiger partial charge in [0.25, 0.3) is 5.91 Å². The zero-order chi connectivity index (χ0) is 16.3. The molecule has 3 amide bonds. The van der Waals surface area contributed by atoms with E-state index in [9.17, 15) is 9.59 Å². The minimum absolute atomic E-state index is 0.0891. The third kappa shape index (κ3) is 3.07. The lowest BCUT2D eigenvalue weighted by atomic mass is 9.84. The first kappa shape index (κ1) is 15.5. The summed E-state index contributed by atoms with van der Waals surface area (Å²) in [5, 5.41) is 11.8. The Bertz CT molecular complexity index is 637. The van der Waals surface area contributed by atoms with Gasteiger partial charge in [-0.05, 0) is 30.5 Å². The van der Waals surface area contributed by atoms with Crippen molar-refractivity contribution in [1.29, 1.82) is 5.26 Å². The van der Waals surface area contributed by atoms with Crippen LogP contribution in [0, 0.1) is 11.3 Å². The third-order valence-corrected chi connectivity index (χ3v) is 4.88. The zero-order valence-corrected chi connectivity index (χ0v) is 13.2. The van der Waals surface area contributed by atoms with Crippen molar-refractivity contribution in [3.05, 3.63) is 35.4 Å². The molecule has 0 radical (unpaired) electrons. The Labute approximate surface area is 136 Å². The topological polar surface area (TPSA) is 73.2 Å². The zero-order valence-electron chi connectivity index (χ0n) is 13.2. The number of imide groups is 1. The van der Waals surface area contributed by atoms with Gasteiger partial charge in [0, 0.05) is 0 Å². The molecule has 23 heavy (non-hydrogen) atoms. The number of amides is 3. The maximum Gasteiger partial charge on any atom is 0.325 e. The highest BCUT2D eigenvalue weighted by Crippen LogP contribution is 2.32. The van der Waals surface area contributed by atoms with E-state index in [-0.39, 0.29) is 18.5 Å². The van der Waals surface area contributed by atoms with Gasteiger partial charge in [-0.2, -0.15) is 5.26 Å². The first-order valence-corrected chi connectivity index (χ1v) is 8.28. The fourth-order valence-corrected chi connectivity index (χ4v) is 3.53. The molecule has 1 saturated carbocycles. The van der Waals surface area contributed by atoms with Crippen LogP contribution in [0.1, 0.15) is 56.1 Å². The minimum Gasteiger partial charge on any atom is -0.323 e. The first-order chi connectivity index (χ1) is 11.1. The summed E-state index contributed by atoms with van der Waals surface area (Å²) in [6.07, 6.45) is 6.91. The maximum absolute atomic E-state index is 12.9. The summed E-state index contributed by atoms with van der Waals surface area (Å²) in [5.74, 6) is -0.0891. The summed E-state index contributed by atoms with van der Waals surface area (Å²) in [6, 6.07) is 8.78. The number of hydrogen-bond donors (Lipinski definition) is 1. The molecule has 1 aromatic rings. The van der Waals surface area contributed by atoms with Crippen LogP contribution in [0.5, 0.6) is 0 Å². The second kappa shape index (κ2) is 6.41. The van der Waals surface area contributed by atoms with Crippen molar-refractivity contribution in [2.75, 3.05) is 0 Å². The molecule has 5 heteroatoms. The Balaban J connectivity index is 1.76. The standard InChI is InChI=1S/C18H21N3O2/c19-12-14-6-8-15(9-7-14)13-21-16(22)18(20-17(21)23)10-4-2-1-3-5-11-18/h6-9H,1-5,10-11,13H2,(H,20,23). The van der Waals surface area contributed by atoms with Crippen LogP contribution in [0.15, 0.2) is 24.3 Å². The van der Waals surface area contributed by atoms with E-state index >= 15 is 0 Å². The van der Waals surface area contributed by atoms with Gasteiger partial charge in [-0.1, -0.05) is 44.2 Å². The highest BCUT2D eigenvalue weighted by Gasteiger charge is 2.50. The van der Waals surface area contributed by atoms with E-state index in [1.807, 2.05) is 0 Å². The van der Waals surface area contributed by atoms with Gasteiger partial charge in [-0.3, -0.25) is 9.69 Å². The van der Waals surface area contributed by atoms with E-state index in [1.54, 1.807) is 24.3 Å². The lowest BCUT2D eigenvalue weighted by Crippen LogP contribution is -2.47. The van der Waals surface area contributed by atoms with E-state index < -0.39 is 5.54 Å². The molecule has 3 rings (SSSR count). The van der Waals surface area contributed by atoms with Crippen molar-refractivity contribution in [3.63, 3.8) is 0 Å². The van der Waals surface area contributed by atoms with Crippen LogP contribution in [-0.4, -0.2) is 22.4 Å². The first-order valence-electron chi connectivity index (χ1n) is 8.28. The van der Waals surface area contributed by atoms with Crippen LogP contribution in [0.3, 0.4) is 0 Å². The quantitative estimate of drug-likeness (QED) is 0.853. The Kier molecular flexibility index (Phi) is 4.33. The Morgan fingerprint density at radius 1 is 1.04 bits per heavy atom. The summed E-state index contributed by atoms with van der Waals surface area (Å²) in [4.78, 5) is 26.5. The molecule has 1 aliphatic carbocycles. The summed E-state index contributed by atoms with van der Waals surface area (Å²) in [5.41, 5.74) is 0.738. The molecule has 1 aliphatic heterocycles. The average molecular weight is 311 g/mol. The number of rotatable bonds is 2. The molecule has 1 N–H and O–H groups in total. The van der Waals surface area contributed by atoms with E-state index in [0.717, 1.165) is 44.1 Å². The molecular formula is C18H21N3O2. The summed E-state index contributed by atoms with van der Waals surface area (Å²) in [7, 11) is 0. The molecule has 5 nitrogen and oxygen atoms in total. The van der Waals surface area contributed by atoms with E-state index in [2.05, 4.69) is 11.4 Å². The van der Waals surface area contributed by atoms with Gasteiger partial charge in [-0.15, -0.1) is 0 Å². The molecule has 1 spiro atoms. The van der Waals surface area contributed by atoms with Gasteiger partial charge in [0.1, 0.15) is 5.54 Å². The highest BCUT2D eigenvalue weighted by atomic mass is 16.2. The fourth-order valence-electron chi connectivity index (χ4n) is 3.53. The van der Waals surface area contributed by atoms with Crippen LogP contribution in [0.4, 0.5) is 4.79 Å². The predicted octanol–water partition coefficient (Wildman–Crippen LogP) is 3.09. The summed E-state index contributed by atoms with van der Waals surface area (Å²) >= 11 is 0. The molecular weight excluding hydrogens is 290 g/mol. The van der Waals surface area contributed by atoms with Gasteiger partial charge in [0.05, 0.1) is 18.2 Å². The molecule has 0 bridgehead atoms. The molecule has 0 aromatic heterocycles. The second-order valence-electron chi connectivity index (χ2n) is 6.48. The van der Waals surface area contributed by atoms with Gasteiger partial charge in [-0.25, -0.2) is 4.79 Å². The van der Waals surface area contributed by atoms with Gasteiger partial charge < -0.3 is 5.32 Å². The molecule has 2 aliphatic rings. The lowest BCUT2D eigenvalue weighted by Gasteiger charge is -2.28. The number of hydrogen-bond acceptors (Lipinski definition) is 3. The summed E-state index contributed by atoms with van der Waals surface area (Å²) < 4.78 is 0. The Hall–Kier alpha value is -2.35. The second-order valence-corrected chi connectivity index (χ2v) is 6.48. The predicted molar refractivity (Wildman–Crippen MR) is 85.3 cm³/mol. The number of benzene rings is 1. The maximum atomic E-state index is 12.9. The average Bonchev–Trinajstić information content (AvgIpc) is 2.77. The van der Waals surface area contributed by atoms with E-state index in [4.69, 9.17) is 5.26 Å². The van der Waals surface area contributed by atoms with Crippen LogP contribution in [0.25, 0.3) is 0 Å². The normalized spacial score (nSPS) is 20.7. The molecule has 0 unspecified atom stereocenters. The molecule has 1 aromatic carbocycles. The van der Waals surface area contributed by atoms with Gasteiger partial charge in [0.15, 0.2) is 0 Å². The molecule has 0 atom stereocenters. The van der Waals surface area contributed by atoms with Gasteiger partial charge in [0.2, 0.25) is 0 Å². The number of nitrogens with zero attached hydrogens (tertiary/aromatic N) is 2. The number of carbonyl (C=O) groups excluding carboxylic acids is 2. The number of carbonyl (C=O) groups is 2. The number of nitriles is 1. The van der Waals surface area contributed by atoms with Crippen molar-refractivity contribution < 1.29 is 9.59 Å². The smallest absolute Gasteiger partial charge is 0.323 e. The van der Waals surface area contributed by atoms with Crippen molar-refractivity contribution in [1.82, 2.24) is 10.2 Å². The molecule has 1 heterocycles. The van der Waals surface area contributed by atoms with E-state index in [1.165, 1.54) is 11.3 Å². The molecule has 120 valence electrons. The van der Waals surface area contributed by atoms with Crippen LogP contribution in [0.2, 0.25) is 0 Å². The SMILES string of the molecule is N#Cc1ccc(CN2C(=O)NC3(CCCCCCC3)C2=O)cc1. The van der Waals surface area contributed by atoms with Crippen LogP contribution in [-0.2, 0) is 11.3 Å². The van der Waals surface area contributed by atoms with E-state index in [0.29, 0.717) is 5.56 Å². The largest absolute Gasteiger partial charge is 0.325 e. The minimum atomic E-state index is -0.690. The van der Waals surface area contributed by atoms with Crippen molar-refractivity contribution >= 4 is 11.9 Å². The van der Waals surface area contributed by atoms with Crippen molar-refractivity contribution in [3.8, 4) is 6.07 Å². The lowest BCUT2D eigenvalue weighted by molar-refractivity contribution is -0.132. The number of urea groups is 1. The monoisotopic (exact) mass is 311 g/mol.